The molecular weight excluding hydrogens is 392 g/mol. The van der Waals surface area contributed by atoms with Crippen molar-refractivity contribution in [2.24, 2.45) is 0 Å². The largest absolute Gasteiger partial charge is 0.377 e. The van der Waals surface area contributed by atoms with E-state index in [1.54, 1.807) is 7.11 Å². The van der Waals surface area contributed by atoms with Gasteiger partial charge in [-0.25, -0.2) is 4.98 Å². The molecule has 0 aliphatic rings. The molecule has 0 saturated heterocycles. The fraction of sp³-hybridized carbons (Fsp3) is 0.222. The Hall–Kier alpha value is -3.44. The van der Waals surface area contributed by atoms with Gasteiger partial charge in [-0.2, -0.15) is 9.78 Å². The number of aromatic amines is 1. The lowest BCUT2D eigenvalue weighted by Gasteiger charge is -2.08. The van der Waals surface area contributed by atoms with Gasteiger partial charge in [-0.1, -0.05) is 12.1 Å². The second-order valence-corrected chi connectivity index (χ2v) is 7.49. The van der Waals surface area contributed by atoms with Crippen molar-refractivity contribution in [2.75, 3.05) is 12.4 Å². The van der Waals surface area contributed by atoms with E-state index in [-0.39, 0.29) is 5.91 Å². The summed E-state index contributed by atoms with van der Waals surface area (Å²) in [4.78, 5) is 18.5. The van der Waals surface area contributed by atoms with Crippen LogP contribution in [0.3, 0.4) is 0 Å². The summed E-state index contributed by atoms with van der Waals surface area (Å²) in [7, 11) is 1.59. The highest BCUT2D eigenvalue weighted by atomic mass is 32.1. The summed E-state index contributed by atoms with van der Waals surface area (Å²) in [6.07, 6.45) is 1.48. The summed E-state index contributed by atoms with van der Waals surface area (Å²) < 4.78 is 6.55. The number of carbonyl (C=O) groups excluding carboxylic acids is 1. The van der Waals surface area contributed by atoms with Crippen molar-refractivity contribution in [3.05, 3.63) is 52.4 Å². The molecule has 0 aliphatic carbocycles. The Labute approximate surface area is 169 Å². The standard InChI is InChI=1S/C18H18N8O2S/c1-10-11(2)29-18(26-9-19-24-25-26)15(10)17(27)20-13-6-4-5-12(7-13)16-21-14(8-28-3)22-23-16/h4-7,9H,8H2,1-3H3,(H,20,27)(H,21,22,23). The van der Waals surface area contributed by atoms with Crippen molar-refractivity contribution in [3.8, 4) is 16.4 Å². The number of tetrazole rings is 1. The Morgan fingerprint density at radius 2 is 2.21 bits per heavy atom. The minimum atomic E-state index is -0.232. The Bertz CT molecular complexity index is 1150. The van der Waals surface area contributed by atoms with Crippen LogP contribution in [0.2, 0.25) is 0 Å². The zero-order valence-electron chi connectivity index (χ0n) is 16.0. The van der Waals surface area contributed by atoms with E-state index in [2.05, 4.69) is 36.0 Å². The van der Waals surface area contributed by atoms with Crippen LogP contribution in [0.1, 0.15) is 26.6 Å². The third-order valence-electron chi connectivity index (χ3n) is 4.34. The molecule has 148 valence electrons. The van der Waals surface area contributed by atoms with Crippen molar-refractivity contribution in [2.45, 2.75) is 20.5 Å². The van der Waals surface area contributed by atoms with Crippen LogP contribution in [0.5, 0.6) is 0 Å². The van der Waals surface area contributed by atoms with E-state index in [0.717, 1.165) is 16.0 Å². The number of aryl methyl sites for hydroxylation is 1. The first-order valence-corrected chi connectivity index (χ1v) is 9.54. The summed E-state index contributed by atoms with van der Waals surface area (Å²) in [6, 6.07) is 7.35. The molecule has 29 heavy (non-hydrogen) atoms. The first-order chi connectivity index (χ1) is 14.1. The molecule has 10 nitrogen and oxygen atoms in total. The summed E-state index contributed by atoms with van der Waals surface area (Å²) >= 11 is 1.47. The molecule has 0 radical (unpaired) electrons. The van der Waals surface area contributed by atoms with Crippen molar-refractivity contribution in [1.82, 2.24) is 35.4 Å². The van der Waals surface area contributed by atoms with Crippen LogP contribution in [0.4, 0.5) is 5.69 Å². The third kappa shape index (κ3) is 3.77. The number of anilines is 1. The van der Waals surface area contributed by atoms with Crippen LogP contribution < -0.4 is 5.32 Å². The van der Waals surface area contributed by atoms with Crippen LogP contribution in [-0.4, -0.2) is 48.4 Å². The van der Waals surface area contributed by atoms with Gasteiger partial charge in [0, 0.05) is 23.2 Å². The highest BCUT2D eigenvalue weighted by molar-refractivity contribution is 7.15. The first-order valence-electron chi connectivity index (χ1n) is 8.72. The highest BCUT2D eigenvalue weighted by Crippen LogP contribution is 2.31. The van der Waals surface area contributed by atoms with Crippen LogP contribution in [0, 0.1) is 13.8 Å². The van der Waals surface area contributed by atoms with Gasteiger partial charge < -0.3 is 10.1 Å². The normalized spacial score (nSPS) is 11.0. The van der Waals surface area contributed by atoms with Crippen molar-refractivity contribution in [1.29, 1.82) is 0 Å². The number of amides is 1. The van der Waals surface area contributed by atoms with Crippen LogP contribution in [0.25, 0.3) is 16.4 Å². The summed E-state index contributed by atoms with van der Waals surface area (Å²) in [6.45, 7) is 4.22. The van der Waals surface area contributed by atoms with Gasteiger partial charge in [0.25, 0.3) is 5.91 Å². The second-order valence-electron chi connectivity index (χ2n) is 6.29. The smallest absolute Gasteiger partial charge is 0.259 e. The summed E-state index contributed by atoms with van der Waals surface area (Å²) in [5.41, 5.74) is 2.86. The minimum absolute atomic E-state index is 0.232. The zero-order valence-corrected chi connectivity index (χ0v) is 16.8. The van der Waals surface area contributed by atoms with E-state index in [0.29, 0.717) is 34.5 Å². The maximum absolute atomic E-state index is 13.1. The fourth-order valence-electron chi connectivity index (χ4n) is 2.85. The molecular formula is C18H18N8O2S. The van der Waals surface area contributed by atoms with Gasteiger partial charge in [0.2, 0.25) is 0 Å². The molecule has 0 fully saturated rings. The zero-order chi connectivity index (χ0) is 20.4. The molecule has 0 atom stereocenters. The average Bonchev–Trinajstić information content (AvgIpc) is 3.44. The number of H-pyrrole nitrogens is 1. The average molecular weight is 410 g/mol. The maximum Gasteiger partial charge on any atom is 0.259 e. The van der Waals surface area contributed by atoms with E-state index in [9.17, 15) is 4.79 Å². The number of carbonyl (C=O) groups is 1. The molecule has 0 aliphatic heterocycles. The van der Waals surface area contributed by atoms with E-state index < -0.39 is 0 Å². The lowest BCUT2D eigenvalue weighted by Crippen LogP contribution is -2.15. The molecule has 0 bridgehead atoms. The van der Waals surface area contributed by atoms with Crippen LogP contribution >= 0.6 is 11.3 Å². The number of benzene rings is 1. The van der Waals surface area contributed by atoms with Crippen LogP contribution in [0.15, 0.2) is 30.6 Å². The predicted molar refractivity (Wildman–Crippen MR) is 107 cm³/mol. The molecule has 3 heterocycles. The van der Waals surface area contributed by atoms with E-state index >= 15 is 0 Å². The van der Waals surface area contributed by atoms with Gasteiger partial charge in [0.15, 0.2) is 11.6 Å². The number of hydrogen-bond donors (Lipinski definition) is 2. The highest BCUT2D eigenvalue weighted by Gasteiger charge is 2.22. The molecule has 3 aromatic heterocycles. The molecule has 0 saturated carbocycles. The van der Waals surface area contributed by atoms with Gasteiger partial charge in [0.05, 0.1) is 5.56 Å². The number of ether oxygens (including phenoxy) is 1. The lowest BCUT2D eigenvalue weighted by atomic mass is 10.1. The number of hydrogen-bond acceptors (Lipinski definition) is 8. The van der Waals surface area contributed by atoms with E-state index in [1.807, 2.05) is 38.1 Å². The van der Waals surface area contributed by atoms with Gasteiger partial charge in [-0.15, -0.1) is 16.4 Å². The predicted octanol–water partition coefficient (Wildman–Crippen LogP) is 2.52. The molecule has 0 spiro atoms. The van der Waals surface area contributed by atoms with E-state index in [4.69, 9.17) is 4.74 Å². The number of rotatable bonds is 6. The number of nitrogens with zero attached hydrogens (tertiary/aromatic N) is 6. The number of aromatic nitrogens is 7. The maximum atomic E-state index is 13.1. The summed E-state index contributed by atoms with van der Waals surface area (Å²) in [5.74, 6) is 0.932. The quantitative estimate of drug-likeness (QED) is 0.500. The SMILES string of the molecule is COCc1nc(-c2cccc(NC(=O)c3c(-n4cnnn4)sc(C)c3C)c2)n[nH]1. The minimum Gasteiger partial charge on any atom is -0.377 e. The number of nitrogens with one attached hydrogen (secondary N) is 2. The van der Waals surface area contributed by atoms with Gasteiger partial charge in [-0.3, -0.25) is 9.89 Å². The molecule has 1 amide bonds. The third-order valence-corrected chi connectivity index (χ3v) is 5.54. The molecule has 0 unspecified atom stereocenters. The molecule has 4 rings (SSSR count). The van der Waals surface area contributed by atoms with Gasteiger partial charge in [-0.05, 0) is 42.0 Å². The first kappa shape index (κ1) is 18.9. The van der Waals surface area contributed by atoms with Crippen molar-refractivity contribution < 1.29 is 9.53 Å². The van der Waals surface area contributed by atoms with Crippen molar-refractivity contribution in [3.63, 3.8) is 0 Å². The summed E-state index contributed by atoms with van der Waals surface area (Å²) in [5, 5.41) is 21.9. The van der Waals surface area contributed by atoms with Crippen molar-refractivity contribution >= 4 is 22.9 Å². The monoisotopic (exact) mass is 410 g/mol. The Kier molecular flexibility index (Phi) is 5.14. The molecule has 4 aromatic rings. The fourth-order valence-corrected chi connectivity index (χ4v) is 3.92. The molecule has 1 aromatic carbocycles. The molecule has 11 heteroatoms. The number of thiophene rings is 1. The van der Waals surface area contributed by atoms with Gasteiger partial charge >= 0.3 is 0 Å². The lowest BCUT2D eigenvalue weighted by molar-refractivity contribution is 0.102. The Balaban J connectivity index is 1.61. The van der Waals surface area contributed by atoms with Gasteiger partial charge in [0.1, 0.15) is 17.9 Å². The molecule has 2 N–H and O–H groups in total. The number of methoxy groups -OCH3 is 1. The topological polar surface area (TPSA) is 124 Å². The van der Waals surface area contributed by atoms with Crippen LogP contribution in [-0.2, 0) is 11.3 Å². The second kappa shape index (κ2) is 7.89. The Morgan fingerprint density at radius 1 is 1.34 bits per heavy atom. The Morgan fingerprint density at radius 3 is 2.97 bits per heavy atom. The van der Waals surface area contributed by atoms with E-state index in [1.165, 1.54) is 22.3 Å².